The molecule has 82 heavy (non-hydrogen) atoms. The highest BCUT2D eigenvalue weighted by atomic mass is 16.6. The molecule has 0 aromatic heterocycles. The average Bonchev–Trinajstić information content (AvgIpc) is 3.47. The quantitative estimate of drug-likeness (QED) is 0.0261. The van der Waals surface area contributed by atoms with Crippen LogP contribution in [-0.2, 0) is 28.6 Å². The monoisotopic (exact) mass is 1140 g/mol. The molecule has 0 saturated carbocycles. The van der Waals surface area contributed by atoms with E-state index >= 15 is 0 Å². The van der Waals surface area contributed by atoms with E-state index < -0.39 is 6.10 Å². The summed E-state index contributed by atoms with van der Waals surface area (Å²) in [5, 5.41) is 0. The molecule has 0 aromatic carbocycles. The third kappa shape index (κ3) is 67.4. The lowest BCUT2D eigenvalue weighted by molar-refractivity contribution is -0.167. The summed E-state index contributed by atoms with van der Waals surface area (Å²) >= 11 is 0. The van der Waals surface area contributed by atoms with E-state index in [1.54, 1.807) is 0 Å². The summed E-state index contributed by atoms with van der Waals surface area (Å²) in [4.78, 5) is 38.5. The van der Waals surface area contributed by atoms with Gasteiger partial charge in [0.05, 0.1) is 0 Å². The summed E-state index contributed by atoms with van der Waals surface area (Å²) in [6, 6.07) is 0. The summed E-state index contributed by atoms with van der Waals surface area (Å²) in [5.74, 6) is -0.865. The predicted molar refractivity (Wildman–Crippen MR) is 358 cm³/mol. The summed E-state index contributed by atoms with van der Waals surface area (Å²) in [6.45, 7) is 6.57. The van der Waals surface area contributed by atoms with E-state index in [9.17, 15) is 14.4 Å². The van der Waals surface area contributed by atoms with E-state index in [-0.39, 0.29) is 31.1 Å². The number of hydrogen-bond donors (Lipinski definition) is 0. The van der Waals surface area contributed by atoms with E-state index in [1.165, 1.54) is 218 Å². The number of rotatable bonds is 65. The SMILES string of the molecule is CC/C=C\C/C=C\C/C=C\C/C=C\C/C=C\CCCCCCCCCCCC(=O)OCC(COC(=O)CCCCCCCCCCCCCCCCCCCC)OC(=O)CCCCCCCCCCC/C=C\C/C=C\CCCCCCC. The number of unbranched alkanes of at least 4 members (excludes halogenated alkanes) is 40. The van der Waals surface area contributed by atoms with Gasteiger partial charge in [-0.2, -0.15) is 0 Å². The second-order valence-electron chi connectivity index (χ2n) is 23.8. The van der Waals surface area contributed by atoms with Crippen molar-refractivity contribution in [2.75, 3.05) is 13.2 Å². The van der Waals surface area contributed by atoms with Gasteiger partial charge in [0.25, 0.3) is 0 Å². The molecule has 0 saturated heterocycles. The van der Waals surface area contributed by atoms with Crippen LogP contribution in [-0.4, -0.2) is 37.2 Å². The first-order valence-electron chi connectivity index (χ1n) is 35.6. The van der Waals surface area contributed by atoms with Crippen molar-refractivity contribution >= 4 is 17.9 Å². The number of hydrogen-bond acceptors (Lipinski definition) is 6. The zero-order valence-corrected chi connectivity index (χ0v) is 54.5. The Kier molecular flexibility index (Phi) is 67.2. The number of esters is 3. The van der Waals surface area contributed by atoms with Gasteiger partial charge in [0, 0.05) is 19.3 Å². The highest BCUT2D eigenvalue weighted by molar-refractivity contribution is 5.71. The molecule has 0 bridgehead atoms. The molecular weight excluding hydrogens is 1010 g/mol. The van der Waals surface area contributed by atoms with Crippen molar-refractivity contribution in [2.24, 2.45) is 0 Å². The van der Waals surface area contributed by atoms with Crippen molar-refractivity contribution in [3.63, 3.8) is 0 Å². The molecule has 0 radical (unpaired) electrons. The van der Waals surface area contributed by atoms with Crippen LogP contribution < -0.4 is 0 Å². The molecule has 0 amide bonds. The van der Waals surface area contributed by atoms with Gasteiger partial charge in [0.15, 0.2) is 6.10 Å². The van der Waals surface area contributed by atoms with Crippen LogP contribution in [0.2, 0.25) is 0 Å². The highest BCUT2D eigenvalue weighted by Crippen LogP contribution is 2.18. The van der Waals surface area contributed by atoms with Crippen molar-refractivity contribution in [2.45, 2.75) is 367 Å². The largest absolute Gasteiger partial charge is 0.462 e. The van der Waals surface area contributed by atoms with Crippen LogP contribution in [0.5, 0.6) is 0 Å². The Labute approximate surface area is 509 Å². The molecule has 474 valence electrons. The molecule has 0 spiro atoms. The van der Waals surface area contributed by atoms with Gasteiger partial charge in [-0.15, -0.1) is 0 Å². The Hall–Kier alpha value is -3.41. The minimum atomic E-state index is -0.782. The topological polar surface area (TPSA) is 78.9 Å². The Morgan fingerprint density at radius 2 is 0.476 bits per heavy atom. The molecule has 0 aliphatic rings. The third-order valence-corrected chi connectivity index (χ3v) is 15.6. The van der Waals surface area contributed by atoms with Crippen molar-refractivity contribution in [1.29, 1.82) is 0 Å². The second kappa shape index (κ2) is 70.1. The summed E-state index contributed by atoms with van der Waals surface area (Å²) in [5.41, 5.74) is 0. The summed E-state index contributed by atoms with van der Waals surface area (Å²) < 4.78 is 17.0. The van der Waals surface area contributed by atoms with Gasteiger partial charge in [0.1, 0.15) is 13.2 Å². The third-order valence-electron chi connectivity index (χ3n) is 15.6. The molecule has 0 rings (SSSR count). The Bertz CT molecular complexity index is 1550. The van der Waals surface area contributed by atoms with Crippen molar-refractivity contribution < 1.29 is 28.6 Å². The highest BCUT2D eigenvalue weighted by Gasteiger charge is 2.19. The van der Waals surface area contributed by atoms with Crippen LogP contribution in [0.15, 0.2) is 85.1 Å². The number of allylic oxidation sites excluding steroid dienone is 14. The first-order chi connectivity index (χ1) is 40.5. The maximum atomic E-state index is 13.0. The molecule has 0 aromatic rings. The van der Waals surface area contributed by atoms with E-state index in [2.05, 4.69) is 106 Å². The lowest BCUT2D eigenvalue weighted by Gasteiger charge is -2.18. The second-order valence-corrected chi connectivity index (χ2v) is 23.8. The minimum absolute atomic E-state index is 0.0762. The minimum Gasteiger partial charge on any atom is -0.462 e. The number of ether oxygens (including phenoxy) is 3. The lowest BCUT2D eigenvalue weighted by atomic mass is 10.0. The summed E-state index contributed by atoms with van der Waals surface area (Å²) in [6.07, 6.45) is 93.1. The van der Waals surface area contributed by atoms with Crippen LogP contribution in [0.4, 0.5) is 0 Å². The zero-order chi connectivity index (χ0) is 59.2. The first-order valence-corrected chi connectivity index (χ1v) is 35.6. The lowest BCUT2D eigenvalue weighted by Crippen LogP contribution is -2.30. The van der Waals surface area contributed by atoms with Crippen LogP contribution in [0.3, 0.4) is 0 Å². The molecule has 0 fully saturated rings. The van der Waals surface area contributed by atoms with Gasteiger partial charge in [-0.3, -0.25) is 14.4 Å². The van der Waals surface area contributed by atoms with Crippen LogP contribution >= 0.6 is 0 Å². The molecule has 0 N–H and O–H groups in total. The van der Waals surface area contributed by atoms with E-state index in [0.717, 1.165) is 103 Å². The molecule has 6 heteroatoms. The fourth-order valence-electron chi connectivity index (χ4n) is 10.3. The van der Waals surface area contributed by atoms with Gasteiger partial charge in [0.2, 0.25) is 0 Å². The zero-order valence-electron chi connectivity index (χ0n) is 54.5. The van der Waals surface area contributed by atoms with Gasteiger partial charge in [-0.1, -0.05) is 331 Å². The van der Waals surface area contributed by atoms with Crippen molar-refractivity contribution in [3.8, 4) is 0 Å². The average molecular weight is 1140 g/mol. The van der Waals surface area contributed by atoms with Crippen LogP contribution in [0.25, 0.3) is 0 Å². The normalized spacial score (nSPS) is 12.6. The number of carbonyl (C=O) groups excluding carboxylic acids is 3. The fraction of sp³-hybridized carbons (Fsp3) is 0.776. The molecule has 1 atom stereocenters. The maximum Gasteiger partial charge on any atom is 0.306 e. The Morgan fingerprint density at radius 3 is 0.744 bits per heavy atom. The first kappa shape index (κ1) is 78.6. The van der Waals surface area contributed by atoms with Gasteiger partial charge in [-0.05, 0) is 96.3 Å². The molecule has 6 nitrogen and oxygen atoms in total. The Balaban J connectivity index is 4.36. The fourth-order valence-corrected chi connectivity index (χ4v) is 10.3. The van der Waals surface area contributed by atoms with Gasteiger partial charge in [-0.25, -0.2) is 0 Å². The van der Waals surface area contributed by atoms with Crippen LogP contribution in [0.1, 0.15) is 361 Å². The van der Waals surface area contributed by atoms with Gasteiger partial charge >= 0.3 is 17.9 Å². The van der Waals surface area contributed by atoms with Gasteiger partial charge < -0.3 is 14.2 Å². The van der Waals surface area contributed by atoms with Crippen molar-refractivity contribution in [3.05, 3.63) is 85.1 Å². The summed E-state index contributed by atoms with van der Waals surface area (Å²) in [7, 11) is 0. The van der Waals surface area contributed by atoms with E-state index in [0.29, 0.717) is 19.3 Å². The molecule has 0 heterocycles. The molecule has 0 aliphatic carbocycles. The molecular formula is C76H134O6. The smallest absolute Gasteiger partial charge is 0.306 e. The molecule has 1 unspecified atom stereocenters. The number of carbonyl (C=O) groups is 3. The van der Waals surface area contributed by atoms with Crippen LogP contribution in [0, 0.1) is 0 Å². The van der Waals surface area contributed by atoms with E-state index in [4.69, 9.17) is 14.2 Å². The maximum absolute atomic E-state index is 13.0. The predicted octanol–water partition coefficient (Wildman–Crippen LogP) is 24.6. The Morgan fingerprint density at radius 1 is 0.256 bits per heavy atom. The standard InChI is InChI=1S/C76H134O6/c1-4-7-10-13-16-19-22-25-28-31-34-36-37-38-39-41-42-45-48-51-54-57-60-63-66-69-75(78)81-72-73(71-80-74(77)68-65-62-59-56-53-50-47-44-33-30-27-24-21-18-15-12-9-6-3)82-76(79)70-67-64-61-58-55-52-49-46-43-40-35-32-29-26-23-20-17-14-11-8-5-2/h7,10,16,19,23,25-26,28,32,34-36,38-39,73H,4-6,8-9,11-15,17-18,20-22,24,27,29-31,33,37,40-72H2,1-3H3/b10-7-,19-16-,26-23-,28-25-,35-32-,36-34-,39-38-. The van der Waals surface area contributed by atoms with Crippen molar-refractivity contribution in [1.82, 2.24) is 0 Å². The van der Waals surface area contributed by atoms with E-state index in [1.807, 2.05) is 0 Å². The molecule has 0 aliphatic heterocycles.